The number of fused-ring (bicyclic) bond motifs is 1. The molecule has 2 aromatic carbocycles. The first-order chi connectivity index (χ1) is 12.6. The monoisotopic (exact) mass is 363 g/mol. The zero-order valence-electron chi connectivity index (χ0n) is 13.4. The summed E-state index contributed by atoms with van der Waals surface area (Å²) in [6.45, 7) is 0. The van der Waals surface area contributed by atoms with Crippen LogP contribution in [0.1, 0.15) is 10.4 Å². The molecule has 2 heterocycles. The summed E-state index contributed by atoms with van der Waals surface area (Å²) in [6, 6.07) is 15.0. The van der Waals surface area contributed by atoms with Gasteiger partial charge in [-0.2, -0.15) is 0 Å². The first kappa shape index (κ1) is 16.0. The molecule has 4 aromatic rings. The molecular weight excluding hydrogens is 350 g/mol. The molecule has 0 spiro atoms. The number of hydrogen-bond donors (Lipinski definition) is 3. The summed E-state index contributed by atoms with van der Waals surface area (Å²) in [5.74, 6) is -0.855. The minimum absolute atomic E-state index is 0.0809. The Morgan fingerprint density at radius 1 is 1.04 bits per heavy atom. The number of carbonyl (C=O) groups is 1. The van der Waals surface area contributed by atoms with Crippen molar-refractivity contribution in [3.8, 4) is 22.1 Å². The number of amides is 1. The van der Waals surface area contributed by atoms with E-state index in [1.54, 1.807) is 12.3 Å². The van der Waals surface area contributed by atoms with Crippen LogP contribution in [0.4, 0.5) is 5.69 Å². The van der Waals surface area contributed by atoms with Crippen molar-refractivity contribution in [2.45, 2.75) is 0 Å². The van der Waals surface area contributed by atoms with E-state index in [4.69, 9.17) is 0 Å². The van der Waals surface area contributed by atoms with Gasteiger partial charge in [0.25, 0.3) is 5.91 Å². The molecule has 0 radical (unpaired) electrons. The van der Waals surface area contributed by atoms with E-state index in [0.29, 0.717) is 11.3 Å². The zero-order valence-corrected chi connectivity index (χ0v) is 14.2. The summed E-state index contributed by atoms with van der Waals surface area (Å²) < 4.78 is 0.992. The third kappa shape index (κ3) is 3.07. The smallest absolute Gasteiger partial charge is 0.259 e. The number of phenolic OH excluding ortho intramolecular Hbond substituents is 2. The molecule has 0 atom stereocenters. The van der Waals surface area contributed by atoms with Crippen molar-refractivity contribution in [2.75, 3.05) is 5.32 Å². The van der Waals surface area contributed by atoms with Crippen molar-refractivity contribution in [2.24, 2.45) is 0 Å². The summed E-state index contributed by atoms with van der Waals surface area (Å²) in [5.41, 5.74) is 2.21. The Labute approximate surface area is 152 Å². The quantitative estimate of drug-likeness (QED) is 0.511. The maximum absolute atomic E-state index is 12.4. The highest BCUT2D eigenvalue weighted by atomic mass is 32.1. The molecule has 0 aliphatic carbocycles. The molecule has 0 saturated carbocycles. The average Bonchev–Trinajstić information content (AvgIpc) is 3.06. The molecule has 1 amide bonds. The van der Waals surface area contributed by atoms with Crippen molar-refractivity contribution in [1.29, 1.82) is 0 Å². The number of pyridine rings is 1. The molecule has 2 aromatic heterocycles. The van der Waals surface area contributed by atoms with E-state index in [-0.39, 0.29) is 17.1 Å². The van der Waals surface area contributed by atoms with Crippen LogP contribution in [0.5, 0.6) is 11.5 Å². The molecular formula is C19H13N3O3S. The van der Waals surface area contributed by atoms with Gasteiger partial charge in [0.1, 0.15) is 16.5 Å². The molecule has 0 aliphatic rings. The minimum Gasteiger partial charge on any atom is -0.508 e. The Hall–Kier alpha value is -3.45. The number of aromatic nitrogens is 2. The zero-order chi connectivity index (χ0) is 18.1. The van der Waals surface area contributed by atoms with Crippen LogP contribution in [0.3, 0.4) is 0 Å². The molecule has 0 fully saturated rings. The Balaban J connectivity index is 1.62. The van der Waals surface area contributed by atoms with E-state index in [2.05, 4.69) is 15.3 Å². The van der Waals surface area contributed by atoms with Crippen LogP contribution in [0, 0.1) is 0 Å². The molecule has 0 bridgehead atoms. The lowest BCUT2D eigenvalue weighted by molar-refractivity contribution is 0.102. The molecule has 6 nitrogen and oxygen atoms in total. The van der Waals surface area contributed by atoms with Crippen molar-refractivity contribution in [1.82, 2.24) is 9.97 Å². The number of benzene rings is 2. The second-order valence-electron chi connectivity index (χ2n) is 5.58. The second-order valence-corrected chi connectivity index (χ2v) is 6.61. The maximum atomic E-state index is 12.4. The van der Waals surface area contributed by atoms with Crippen LogP contribution in [0.25, 0.3) is 20.9 Å². The molecule has 3 N–H and O–H groups in total. The number of rotatable bonds is 3. The fraction of sp³-hybridized carbons (Fsp3) is 0. The third-order valence-electron chi connectivity index (χ3n) is 3.76. The Kier molecular flexibility index (Phi) is 3.98. The van der Waals surface area contributed by atoms with Gasteiger partial charge in [-0.3, -0.25) is 4.79 Å². The van der Waals surface area contributed by atoms with Gasteiger partial charge in [-0.1, -0.05) is 12.1 Å². The first-order valence-electron chi connectivity index (χ1n) is 7.75. The van der Waals surface area contributed by atoms with Gasteiger partial charge in [0.2, 0.25) is 0 Å². The predicted octanol–water partition coefficient (Wildman–Crippen LogP) is 4.02. The molecule has 26 heavy (non-hydrogen) atoms. The van der Waals surface area contributed by atoms with Crippen LogP contribution in [0.2, 0.25) is 0 Å². The SMILES string of the molecule is O=C(Nc1cccc(-c2nc3ncccc3s2)c1)c1ccc(O)cc1O. The van der Waals surface area contributed by atoms with Crippen molar-refractivity contribution in [3.63, 3.8) is 0 Å². The van der Waals surface area contributed by atoms with Crippen LogP contribution >= 0.6 is 11.3 Å². The van der Waals surface area contributed by atoms with Crippen LogP contribution < -0.4 is 5.32 Å². The number of carbonyl (C=O) groups excluding carboxylic acids is 1. The van der Waals surface area contributed by atoms with Gasteiger partial charge < -0.3 is 15.5 Å². The fourth-order valence-corrected chi connectivity index (χ4v) is 3.45. The lowest BCUT2D eigenvalue weighted by Gasteiger charge is -2.08. The van der Waals surface area contributed by atoms with E-state index >= 15 is 0 Å². The summed E-state index contributed by atoms with van der Waals surface area (Å²) in [5, 5.41) is 22.7. The normalized spacial score (nSPS) is 10.8. The Morgan fingerprint density at radius 2 is 1.92 bits per heavy atom. The first-order valence-corrected chi connectivity index (χ1v) is 8.57. The molecule has 7 heteroatoms. The highest BCUT2D eigenvalue weighted by Crippen LogP contribution is 2.31. The molecule has 4 rings (SSSR count). The average molecular weight is 363 g/mol. The van der Waals surface area contributed by atoms with E-state index in [9.17, 15) is 15.0 Å². The second kappa shape index (κ2) is 6.45. The van der Waals surface area contributed by atoms with Gasteiger partial charge in [0.05, 0.1) is 10.3 Å². The Morgan fingerprint density at radius 3 is 2.73 bits per heavy atom. The van der Waals surface area contributed by atoms with Gasteiger partial charge in [0.15, 0.2) is 5.65 Å². The standard InChI is InChI=1S/C19H13N3O3S/c23-13-6-7-14(15(24)10-13)18(25)21-12-4-1-3-11(9-12)19-22-17-16(26-19)5-2-8-20-17/h1-10,23-24H,(H,21,25). The summed E-state index contributed by atoms with van der Waals surface area (Å²) >= 11 is 1.52. The van der Waals surface area contributed by atoms with E-state index in [1.165, 1.54) is 23.5 Å². The fourth-order valence-electron chi connectivity index (χ4n) is 2.53. The number of hydrogen-bond acceptors (Lipinski definition) is 6. The lowest BCUT2D eigenvalue weighted by Crippen LogP contribution is -2.12. The highest BCUT2D eigenvalue weighted by Gasteiger charge is 2.13. The van der Waals surface area contributed by atoms with Crippen LogP contribution in [0.15, 0.2) is 60.8 Å². The van der Waals surface area contributed by atoms with E-state index < -0.39 is 5.91 Å². The molecule has 0 unspecified atom stereocenters. The van der Waals surface area contributed by atoms with Crippen molar-refractivity contribution in [3.05, 3.63) is 66.4 Å². The van der Waals surface area contributed by atoms with Gasteiger partial charge in [-0.15, -0.1) is 11.3 Å². The molecule has 128 valence electrons. The van der Waals surface area contributed by atoms with Gasteiger partial charge >= 0.3 is 0 Å². The number of aromatic hydroxyl groups is 2. The third-order valence-corrected chi connectivity index (χ3v) is 4.82. The highest BCUT2D eigenvalue weighted by molar-refractivity contribution is 7.21. The Bertz CT molecular complexity index is 1090. The topological polar surface area (TPSA) is 95.3 Å². The minimum atomic E-state index is -0.467. The van der Waals surface area contributed by atoms with Gasteiger partial charge in [-0.05, 0) is 36.4 Å². The predicted molar refractivity (Wildman–Crippen MR) is 101 cm³/mol. The number of nitrogens with one attached hydrogen (secondary N) is 1. The van der Waals surface area contributed by atoms with Gasteiger partial charge in [-0.25, -0.2) is 9.97 Å². The van der Waals surface area contributed by atoms with Crippen molar-refractivity contribution >= 4 is 33.3 Å². The summed E-state index contributed by atoms with van der Waals surface area (Å²) in [4.78, 5) is 21.1. The summed E-state index contributed by atoms with van der Waals surface area (Å²) in [6.07, 6.45) is 1.70. The largest absolute Gasteiger partial charge is 0.508 e. The number of anilines is 1. The number of thiazole rings is 1. The van der Waals surface area contributed by atoms with Crippen molar-refractivity contribution < 1.29 is 15.0 Å². The maximum Gasteiger partial charge on any atom is 0.259 e. The van der Waals surface area contributed by atoms with Gasteiger partial charge in [0, 0.05) is 23.5 Å². The van der Waals surface area contributed by atoms with E-state index in [0.717, 1.165) is 21.3 Å². The molecule has 0 saturated heterocycles. The van der Waals surface area contributed by atoms with Crippen LogP contribution in [-0.4, -0.2) is 26.1 Å². The van der Waals surface area contributed by atoms with Crippen LogP contribution in [-0.2, 0) is 0 Å². The van der Waals surface area contributed by atoms with E-state index in [1.807, 2.05) is 30.3 Å². The summed E-state index contributed by atoms with van der Waals surface area (Å²) in [7, 11) is 0. The lowest BCUT2D eigenvalue weighted by atomic mass is 10.1. The number of nitrogens with zero attached hydrogens (tertiary/aromatic N) is 2. The molecule has 0 aliphatic heterocycles. The number of phenols is 2.